The summed E-state index contributed by atoms with van der Waals surface area (Å²) >= 11 is 1.84. The number of hydrogen-bond acceptors (Lipinski definition) is 6. The maximum Gasteiger partial charge on any atom is 0.167 e. The maximum absolute atomic E-state index is 6.59. The summed E-state index contributed by atoms with van der Waals surface area (Å²) in [5, 5.41) is 6.78. The molecule has 238 valence electrons. The molecule has 7 aromatic carbocycles. The summed E-state index contributed by atoms with van der Waals surface area (Å²) in [4.78, 5) is 15.0. The monoisotopic (exact) mass is 671 g/mol. The first-order valence-corrected chi connectivity index (χ1v) is 17.7. The van der Waals surface area contributed by atoms with Crippen LogP contribution in [0.5, 0.6) is 0 Å². The van der Waals surface area contributed by atoms with Gasteiger partial charge in [0, 0.05) is 52.8 Å². The molecule has 0 amide bonds. The van der Waals surface area contributed by atoms with Crippen LogP contribution in [0.4, 0.5) is 0 Å². The van der Waals surface area contributed by atoms with E-state index in [1.165, 1.54) is 25.7 Å². The highest BCUT2D eigenvalue weighted by atomic mass is 32.1. The third-order valence-electron chi connectivity index (χ3n) is 9.76. The fraction of sp³-hybridized carbons (Fsp3) is 0. The summed E-state index contributed by atoms with van der Waals surface area (Å²) in [7, 11) is 0. The average Bonchev–Trinajstić information content (AvgIpc) is 3.88. The van der Waals surface area contributed by atoms with E-state index in [0.717, 1.165) is 66.1 Å². The Morgan fingerprint density at radius 1 is 0.373 bits per heavy atom. The van der Waals surface area contributed by atoms with E-state index < -0.39 is 0 Å². The minimum Gasteiger partial charge on any atom is -0.456 e. The van der Waals surface area contributed by atoms with Crippen molar-refractivity contribution in [3.05, 3.63) is 152 Å². The van der Waals surface area contributed by atoms with Gasteiger partial charge in [-0.05, 0) is 53.6 Å². The predicted molar refractivity (Wildman–Crippen MR) is 209 cm³/mol. The molecule has 0 atom stereocenters. The molecular formula is C45H25N3O2S. The smallest absolute Gasteiger partial charge is 0.167 e. The molecule has 0 N–H and O–H groups in total. The number of aromatic nitrogens is 3. The summed E-state index contributed by atoms with van der Waals surface area (Å²) in [6, 6.07) is 52.1. The van der Waals surface area contributed by atoms with Crippen molar-refractivity contribution >= 4 is 75.4 Å². The number of thiophene rings is 1. The first-order chi connectivity index (χ1) is 25.2. The van der Waals surface area contributed by atoms with Gasteiger partial charge >= 0.3 is 0 Å². The van der Waals surface area contributed by atoms with Crippen LogP contribution >= 0.6 is 11.3 Å². The molecule has 11 aromatic rings. The topological polar surface area (TPSA) is 65.0 Å². The second kappa shape index (κ2) is 10.9. The van der Waals surface area contributed by atoms with Crippen molar-refractivity contribution in [3.63, 3.8) is 0 Å². The van der Waals surface area contributed by atoms with Gasteiger partial charge in [0.05, 0.1) is 5.56 Å². The Balaban J connectivity index is 1.06. The van der Waals surface area contributed by atoms with Crippen molar-refractivity contribution in [1.29, 1.82) is 0 Å². The lowest BCUT2D eigenvalue weighted by molar-refractivity contribution is 0.668. The number of benzene rings is 7. The number of para-hydroxylation sites is 2. The molecule has 0 aliphatic heterocycles. The number of hydrogen-bond donors (Lipinski definition) is 0. The standard InChI is InChI=1S/C45H25N3O2S/c1-2-10-26(11-3-1)43-46-44(48-45(47-43)36-17-9-15-34-30-12-4-6-18-37(30)50-41(34)36)28-21-23-32-31-22-20-27(24-38(31)49-39(32)25-28)29-14-8-16-35-33-13-5-7-19-40(33)51-42(29)35/h1-25H. The van der Waals surface area contributed by atoms with Gasteiger partial charge in [-0.1, -0.05) is 109 Å². The Hall–Kier alpha value is -6.63. The molecule has 0 radical (unpaired) electrons. The van der Waals surface area contributed by atoms with Crippen LogP contribution in [0.25, 0.3) is 109 Å². The highest BCUT2D eigenvalue weighted by molar-refractivity contribution is 7.26. The van der Waals surface area contributed by atoms with Crippen molar-refractivity contribution in [2.75, 3.05) is 0 Å². The molecule has 51 heavy (non-hydrogen) atoms. The van der Waals surface area contributed by atoms with E-state index in [1.54, 1.807) is 0 Å². The molecule has 11 rings (SSSR count). The molecule has 0 fully saturated rings. The molecule has 0 saturated heterocycles. The quantitative estimate of drug-likeness (QED) is 0.186. The molecule has 0 aliphatic rings. The lowest BCUT2D eigenvalue weighted by Gasteiger charge is -2.08. The largest absolute Gasteiger partial charge is 0.456 e. The average molecular weight is 672 g/mol. The Morgan fingerprint density at radius 3 is 1.82 bits per heavy atom. The van der Waals surface area contributed by atoms with Crippen LogP contribution in [0.3, 0.4) is 0 Å². The van der Waals surface area contributed by atoms with Crippen LogP contribution in [-0.4, -0.2) is 15.0 Å². The molecule has 0 spiro atoms. The first-order valence-electron chi connectivity index (χ1n) is 16.8. The van der Waals surface area contributed by atoms with Gasteiger partial charge in [0.15, 0.2) is 17.5 Å². The number of rotatable bonds is 4. The molecule has 0 aliphatic carbocycles. The fourth-order valence-electron chi connectivity index (χ4n) is 7.32. The molecule has 0 bridgehead atoms. The van der Waals surface area contributed by atoms with Crippen LogP contribution in [-0.2, 0) is 0 Å². The lowest BCUT2D eigenvalue weighted by atomic mass is 10.0. The van der Waals surface area contributed by atoms with E-state index in [0.29, 0.717) is 17.5 Å². The van der Waals surface area contributed by atoms with Crippen molar-refractivity contribution in [1.82, 2.24) is 15.0 Å². The van der Waals surface area contributed by atoms with Gasteiger partial charge in [-0.2, -0.15) is 0 Å². The van der Waals surface area contributed by atoms with Gasteiger partial charge < -0.3 is 8.83 Å². The summed E-state index contributed by atoms with van der Waals surface area (Å²) in [5.74, 6) is 1.70. The summed E-state index contributed by atoms with van der Waals surface area (Å²) < 4.78 is 15.6. The van der Waals surface area contributed by atoms with Crippen molar-refractivity contribution < 1.29 is 8.83 Å². The SMILES string of the molecule is c1ccc(-c2nc(-c3ccc4c(c3)oc3cc(-c5cccc6c5sc5ccccc56)ccc34)nc(-c3cccc4c3oc3ccccc34)n2)cc1. The fourth-order valence-corrected chi connectivity index (χ4v) is 8.56. The van der Waals surface area contributed by atoms with Crippen LogP contribution in [0.2, 0.25) is 0 Å². The molecule has 6 heteroatoms. The lowest BCUT2D eigenvalue weighted by Crippen LogP contribution is -2.00. The Labute approximate surface area is 295 Å². The van der Waals surface area contributed by atoms with E-state index in [-0.39, 0.29) is 0 Å². The van der Waals surface area contributed by atoms with Crippen molar-refractivity contribution in [2.24, 2.45) is 0 Å². The number of furan rings is 2. The third-order valence-corrected chi connectivity index (χ3v) is 11.0. The first kappa shape index (κ1) is 28.2. The van der Waals surface area contributed by atoms with E-state index in [1.807, 2.05) is 78.1 Å². The second-order valence-electron chi connectivity index (χ2n) is 12.8. The van der Waals surface area contributed by atoms with Gasteiger partial charge in [-0.25, -0.2) is 15.0 Å². The van der Waals surface area contributed by atoms with Crippen LogP contribution in [0, 0.1) is 0 Å². The van der Waals surface area contributed by atoms with E-state index >= 15 is 0 Å². The van der Waals surface area contributed by atoms with Crippen molar-refractivity contribution in [3.8, 4) is 45.3 Å². The van der Waals surface area contributed by atoms with Crippen LogP contribution in [0.1, 0.15) is 0 Å². The highest BCUT2D eigenvalue weighted by Crippen LogP contribution is 2.42. The highest BCUT2D eigenvalue weighted by Gasteiger charge is 2.19. The molecular weight excluding hydrogens is 647 g/mol. The van der Waals surface area contributed by atoms with Gasteiger partial charge in [-0.3, -0.25) is 0 Å². The van der Waals surface area contributed by atoms with Gasteiger partial charge in [-0.15, -0.1) is 11.3 Å². The normalized spacial score (nSPS) is 11.9. The predicted octanol–water partition coefficient (Wildman–Crippen LogP) is 12.7. The molecule has 0 unspecified atom stereocenters. The molecule has 4 aromatic heterocycles. The number of fused-ring (bicyclic) bond motifs is 9. The van der Waals surface area contributed by atoms with E-state index in [2.05, 4.69) is 84.9 Å². The van der Waals surface area contributed by atoms with Crippen molar-refractivity contribution in [2.45, 2.75) is 0 Å². The Morgan fingerprint density at radius 2 is 0.980 bits per heavy atom. The van der Waals surface area contributed by atoms with E-state index in [9.17, 15) is 0 Å². The van der Waals surface area contributed by atoms with Crippen LogP contribution < -0.4 is 0 Å². The van der Waals surface area contributed by atoms with Crippen LogP contribution in [0.15, 0.2) is 160 Å². The summed E-state index contributed by atoms with van der Waals surface area (Å²) in [5.41, 5.74) is 8.12. The second-order valence-corrected chi connectivity index (χ2v) is 13.8. The Bertz CT molecular complexity index is 3160. The van der Waals surface area contributed by atoms with E-state index in [4.69, 9.17) is 23.8 Å². The number of nitrogens with zero attached hydrogens (tertiary/aromatic N) is 3. The zero-order chi connectivity index (χ0) is 33.5. The minimum absolute atomic E-state index is 0.549. The van der Waals surface area contributed by atoms with Gasteiger partial charge in [0.25, 0.3) is 0 Å². The minimum atomic E-state index is 0.549. The summed E-state index contributed by atoms with van der Waals surface area (Å²) in [6.45, 7) is 0. The zero-order valence-corrected chi connectivity index (χ0v) is 27.8. The zero-order valence-electron chi connectivity index (χ0n) is 27.0. The van der Waals surface area contributed by atoms with Gasteiger partial charge in [0.1, 0.15) is 22.3 Å². The molecule has 5 nitrogen and oxygen atoms in total. The Kier molecular flexibility index (Phi) is 6.05. The maximum atomic E-state index is 6.59. The summed E-state index contributed by atoms with van der Waals surface area (Å²) in [6.07, 6.45) is 0. The molecule has 4 heterocycles. The third kappa shape index (κ3) is 4.43. The molecule has 0 saturated carbocycles. The van der Waals surface area contributed by atoms with Gasteiger partial charge in [0.2, 0.25) is 0 Å².